The fraction of sp³-hybridized carbons (Fsp3) is 0.429. The van der Waals surface area contributed by atoms with Gasteiger partial charge >= 0.3 is 5.97 Å². The summed E-state index contributed by atoms with van der Waals surface area (Å²) in [6.45, 7) is 2.81. The molecule has 6 heteroatoms. The van der Waals surface area contributed by atoms with Crippen molar-refractivity contribution in [2.24, 2.45) is 0 Å². The minimum absolute atomic E-state index is 0.247. The van der Waals surface area contributed by atoms with Crippen LogP contribution in [0.1, 0.15) is 24.5 Å². The lowest BCUT2D eigenvalue weighted by Gasteiger charge is -2.18. The topological polar surface area (TPSA) is 86.6 Å². The van der Waals surface area contributed by atoms with Gasteiger partial charge in [-0.15, -0.1) is 0 Å². The number of carbonyl (C=O) groups excluding carboxylic acids is 1. The van der Waals surface area contributed by atoms with Crippen LogP contribution in [0.3, 0.4) is 0 Å². The maximum absolute atomic E-state index is 11.6. The van der Waals surface area contributed by atoms with Crippen molar-refractivity contribution in [2.45, 2.75) is 32.3 Å². The second-order valence-electron chi connectivity index (χ2n) is 4.94. The first kappa shape index (κ1) is 16.7. The van der Waals surface area contributed by atoms with Crippen LogP contribution in [-0.2, 0) is 16.0 Å². The Morgan fingerprint density at radius 2 is 2.05 bits per heavy atom. The van der Waals surface area contributed by atoms with E-state index in [2.05, 4.69) is 21.2 Å². The third-order valence-corrected chi connectivity index (χ3v) is 3.84. The molecule has 0 heterocycles. The Bertz CT molecular complexity index is 514. The summed E-state index contributed by atoms with van der Waals surface area (Å²) in [5, 5.41) is 20.6. The van der Waals surface area contributed by atoms with Crippen molar-refractivity contribution in [3.8, 4) is 0 Å². The summed E-state index contributed by atoms with van der Waals surface area (Å²) >= 11 is 3.41. The van der Waals surface area contributed by atoms with Gasteiger partial charge in [-0.25, -0.2) is 4.79 Å². The average Bonchev–Trinajstić information content (AvgIpc) is 2.37. The number of nitrogens with one attached hydrogen (secondary N) is 1. The molecule has 0 aliphatic rings. The summed E-state index contributed by atoms with van der Waals surface area (Å²) in [4.78, 5) is 22.3. The van der Waals surface area contributed by atoms with Crippen molar-refractivity contribution in [1.29, 1.82) is 0 Å². The van der Waals surface area contributed by atoms with Crippen LogP contribution >= 0.6 is 15.9 Å². The minimum Gasteiger partial charge on any atom is -0.479 e. The number of aliphatic carboxylic acids is 1. The van der Waals surface area contributed by atoms with Crippen LogP contribution in [0, 0.1) is 6.92 Å². The predicted octanol–water partition coefficient (Wildman–Crippen LogP) is 1.64. The molecule has 0 aliphatic carbocycles. The van der Waals surface area contributed by atoms with Crippen LogP contribution in [0.15, 0.2) is 22.7 Å². The number of aliphatic hydroxyl groups is 1. The van der Waals surface area contributed by atoms with Gasteiger partial charge in [0, 0.05) is 10.9 Å². The monoisotopic (exact) mass is 343 g/mol. The number of benzene rings is 1. The lowest BCUT2D eigenvalue weighted by atomic mass is 10.1. The summed E-state index contributed by atoms with van der Waals surface area (Å²) in [6.07, 6.45) is 0.811. The van der Waals surface area contributed by atoms with Gasteiger partial charge in [0.05, 0.1) is 6.54 Å². The molecule has 3 N–H and O–H groups in total. The van der Waals surface area contributed by atoms with Gasteiger partial charge < -0.3 is 15.5 Å². The molecule has 0 saturated heterocycles. The fourth-order valence-electron chi connectivity index (χ4n) is 1.55. The Labute approximate surface area is 126 Å². The quantitative estimate of drug-likeness (QED) is 0.732. The first-order chi connectivity index (χ1) is 9.22. The lowest BCUT2D eigenvalue weighted by Crippen LogP contribution is -2.46. The van der Waals surface area contributed by atoms with Gasteiger partial charge in [0.2, 0.25) is 5.91 Å². The molecule has 1 unspecified atom stereocenters. The number of amides is 1. The van der Waals surface area contributed by atoms with E-state index in [0.29, 0.717) is 6.42 Å². The van der Waals surface area contributed by atoms with Gasteiger partial charge in [0.1, 0.15) is 0 Å². The SMILES string of the molecule is Cc1cc(CCC(=O)NCC(C)(O)C(=O)O)ccc1Br. The summed E-state index contributed by atoms with van der Waals surface area (Å²) in [6, 6.07) is 5.85. The van der Waals surface area contributed by atoms with Gasteiger partial charge in [-0.3, -0.25) is 4.79 Å². The predicted molar refractivity (Wildman–Crippen MR) is 78.5 cm³/mol. The second kappa shape index (κ2) is 6.85. The summed E-state index contributed by atoms with van der Waals surface area (Å²) in [7, 11) is 0. The maximum Gasteiger partial charge on any atom is 0.337 e. The van der Waals surface area contributed by atoms with E-state index in [9.17, 15) is 14.7 Å². The van der Waals surface area contributed by atoms with Crippen LogP contribution in [0.25, 0.3) is 0 Å². The van der Waals surface area contributed by atoms with E-state index in [0.717, 1.165) is 22.5 Å². The highest BCUT2D eigenvalue weighted by Gasteiger charge is 2.30. The number of hydrogen-bond acceptors (Lipinski definition) is 3. The van der Waals surface area contributed by atoms with E-state index in [1.165, 1.54) is 0 Å². The summed E-state index contributed by atoms with van der Waals surface area (Å²) in [5.74, 6) is -1.64. The second-order valence-corrected chi connectivity index (χ2v) is 5.79. The third kappa shape index (κ3) is 4.94. The maximum atomic E-state index is 11.6. The van der Waals surface area contributed by atoms with E-state index in [1.807, 2.05) is 25.1 Å². The Morgan fingerprint density at radius 1 is 1.40 bits per heavy atom. The molecule has 5 nitrogen and oxygen atoms in total. The molecule has 1 rings (SSSR count). The summed E-state index contributed by atoms with van der Waals surface area (Å²) < 4.78 is 1.02. The van der Waals surface area contributed by atoms with Gasteiger partial charge in [-0.05, 0) is 37.5 Å². The van der Waals surface area contributed by atoms with Crippen molar-refractivity contribution in [2.75, 3.05) is 6.54 Å². The standard InChI is InChI=1S/C14H18BrNO4/c1-9-7-10(3-5-11(9)15)4-6-12(17)16-8-14(2,20)13(18)19/h3,5,7,20H,4,6,8H2,1-2H3,(H,16,17)(H,18,19). The number of aryl methyl sites for hydroxylation is 2. The molecule has 0 spiro atoms. The molecule has 0 saturated carbocycles. The van der Waals surface area contributed by atoms with Crippen LogP contribution in [0.2, 0.25) is 0 Å². The van der Waals surface area contributed by atoms with Crippen molar-refractivity contribution in [3.63, 3.8) is 0 Å². The Hall–Kier alpha value is -1.40. The summed E-state index contributed by atoms with van der Waals surface area (Å²) in [5.41, 5.74) is 0.187. The number of rotatable bonds is 6. The van der Waals surface area contributed by atoms with Crippen molar-refractivity contribution >= 4 is 27.8 Å². The Balaban J connectivity index is 2.44. The van der Waals surface area contributed by atoms with Crippen LogP contribution in [0.4, 0.5) is 0 Å². The van der Waals surface area contributed by atoms with Gasteiger partial charge in [-0.1, -0.05) is 28.1 Å². The smallest absolute Gasteiger partial charge is 0.337 e. The largest absolute Gasteiger partial charge is 0.479 e. The zero-order valence-electron chi connectivity index (χ0n) is 11.4. The number of carboxylic acids is 1. The molecule has 0 aliphatic heterocycles. The molecule has 0 fully saturated rings. The molecule has 1 atom stereocenters. The van der Waals surface area contributed by atoms with Gasteiger partial charge in [0.25, 0.3) is 0 Å². The molecule has 0 radical (unpaired) electrons. The molecule has 0 aromatic heterocycles. The highest BCUT2D eigenvalue weighted by atomic mass is 79.9. The van der Waals surface area contributed by atoms with E-state index < -0.39 is 11.6 Å². The number of halogens is 1. The zero-order chi connectivity index (χ0) is 15.3. The Morgan fingerprint density at radius 3 is 2.60 bits per heavy atom. The number of carboxylic acid groups (broad SMARTS) is 1. The van der Waals surface area contributed by atoms with E-state index >= 15 is 0 Å². The lowest BCUT2D eigenvalue weighted by molar-refractivity contribution is -0.156. The van der Waals surface area contributed by atoms with Crippen molar-refractivity contribution in [1.82, 2.24) is 5.32 Å². The highest BCUT2D eigenvalue weighted by molar-refractivity contribution is 9.10. The van der Waals surface area contributed by atoms with E-state index in [-0.39, 0.29) is 18.9 Å². The molecular formula is C14H18BrNO4. The normalized spacial score (nSPS) is 13.6. The Kier molecular flexibility index (Phi) is 5.71. The zero-order valence-corrected chi connectivity index (χ0v) is 13.0. The van der Waals surface area contributed by atoms with Crippen LogP contribution < -0.4 is 5.32 Å². The third-order valence-electron chi connectivity index (χ3n) is 2.95. The van der Waals surface area contributed by atoms with Crippen molar-refractivity contribution in [3.05, 3.63) is 33.8 Å². The van der Waals surface area contributed by atoms with E-state index in [4.69, 9.17) is 5.11 Å². The number of hydrogen-bond donors (Lipinski definition) is 3. The van der Waals surface area contributed by atoms with Crippen LogP contribution in [0.5, 0.6) is 0 Å². The molecule has 1 amide bonds. The highest BCUT2D eigenvalue weighted by Crippen LogP contribution is 2.17. The van der Waals surface area contributed by atoms with Gasteiger partial charge in [0.15, 0.2) is 5.60 Å². The molecule has 110 valence electrons. The average molecular weight is 344 g/mol. The molecule has 0 bridgehead atoms. The molecule has 1 aromatic carbocycles. The first-order valence-corrected chi connectivity index (χ1v) is 6.99. The number of carbonyl (C=O) groups is 2. The first-order valence-electron chi connectivity index (χ1n) is 6.20. The van der Waals surface area contributed by atoms with E-state index in [1.54, 1.807) is 0 Å². The molecule has 1 aromatic rings. The molecular weight excluding hydrogens is 326 g/mol. The molecule has 20 heavy (non-hydrogen) atoms. The van der Waals surface area contributed by atoms with Crippen LogP contribution in [-0.4, -0.2) is 34.2 Å². The minimum atomic E-state index is -1.94. The fourth-order valence-corrected chi connectivity index (χ4v) is 1.80. The van der Waals surface area contributed by atoms with Gasteiger partial charge in [-0.2, -0.15) is 0 Å². The van der Waals surface area contributed by atoms with Crippen molar-refractivity contribution < 1.29 is 19.8 Å².